The molecular formula is C15H25N5. The fourth-order valence-electron chi connectivity index (χ4n) is 4.33. The largest absolute Gasteiger partial charge is 0.338 e. The molecule has 4 atom stereocenters. The van der Waals surface area contributed by atoms with Gasteiger partial charge >= 0.3 is 0 Å². The normalized spacial score (nSPS) is 37.4. The number of nitrogens with one attached hydrogen (secondary N) is 2. The Morgan fingerprint density at radius 3 is 2.90 bits per heavy atom. The van der Waals surface area contributed by atoms with Crippen LogP contribution in [0.1, 0.15) is 50.8 Å². The molecule has 1 saturated carbocycles. The maximum atomic E-state index is 4.81. The van der Waals surface area contributed by atoms with Crippen LogP contribution in [0.5, 0.6) is 0 Å². The Bertz CT molecular complexity index is 457. The van der Waals surface area contributed by atoms with Crippen molar-refractivity contribution in [1.82, 2.24) is 20.5 Å². The van der Waals surface area contributed by atoms with E-state index < -0.39 is 0 Å². The van der Waals surface area contributed by atoms with Crippen LogP contribution in [-0.2, 0) is 0 Å². The average Bonchev–Trinajstić information content (AvgIpc) is 3.15. The SMILES string of the molecule is CC1CCCC1c1nc(N2CC3CCCNC3C2)n[nH]1. The molecule has 3 fully saturated rings. The molecule has 1 aromatic rings. The molecule has 2 aliphatic heterocycles. The molecule has 0 spiro atoms. The first-order valence-corrected chi connectivity index (χ1v) is 8.22. The number of nitrogens with zero attached hydrogens (tertiary/aromatic N) is 3. The minimum Gasteiger partial charge on any atom is -0.338 e. The second kappa shape index (κ2) is 5.02. The molecule has 0 bridgehead atoms. The maximum Gasteiger partial charge on any atom is 0.244 e. The molecule has 2 N–H and O–H groups in total. The van der Waals surface area contributed by atoms with Crippen molar-refractivity contribution >= 4 is 5.95 Å². The van der Waals surface area contributed by atoms with Crippen molar-refractivity contribution in [3.05, 3.63) is 5.82 Å². The molecule has 1 aliphatic carbocycles. The number of fused-ring (bicyclic) bond motifs is 1. The van der Waals surface area contributed by atoms with Crippen molar-refractivity contribution in [2.75, 3.05) is 24.5 Å². The van der Waals surface area contributed by atoms with Gasteiger partial charge in [-0.15, -0.1) is 5.10 Å². The molecule has 4 rings (SSSR count). The molecule has 110 valence electrons. The third-order valence-corrected chi connectivity index (χ3v) is 5.59. The number of rotatable bonds is 2. The van der Waals surface area contributed by atoms with E-state index >= 15 is 0 Å². The van der Waals surface area contributed by atoms with Gasteiger partial charge in [-0.2, -0.15) is 4.98 Å². The van der Waals surface area contributed by atoms with E-state index in [4.69, 9.17) is 4.98 Å². The third kappa shape index (κ3) is 2.12. The van der Waals surface area contributed by atoms with Gasteiger partial charge in [0, 0.05) is 25.0 Å². The Hall–Kier alpha value is -1.10. The number of piperidine rings is 1. The lowest BCUT2D eigenvalue weighted by atomic mass is 9.94. The second-order valence-corrected chi connectivity index (χ2v) is 6.90. The molecule has 4 unspecified atom stereocenters. The molecule has 2 saturated heterocycles. The van der Waals surface area contributed by atoms with Crippen LogP contribution in [0.2, 0.25) is 0 Å². The van der Waals surface area contributed by atoms with Crippen molar-refractivity contribution in [1.29, 1.82) is 0 Å². The molecule has 3 aliphatic rings. The average molecular weight is 275 g/mol. The van der Waals surface area contributed by atoms with Gasteiger partial charge in [-0.1, -0.05) is 13.3 Å². The smallest absolute Gasteiger partial charge is 0.244 e. The number of aromatic amines is 1. The van der Waals surface area contributed by atoms with Gasteiger partial charge in [-0.25, -0.2) is 0 Å². The minimum absolute atomic E-state index is 0.597. The van der Waals surface area contributed by atoms with Crippen molar-refractivity contribution < 1.29 is 0 Å². The first-order valence-electron chi connectivity index (χ1n) is 8.22. The Kier molecular flexibility index (Phi) is 3.17. The van der Waals surface area contributed by atoms with Gasteiger partial charge < -0.3 is 10.2 Å². The van der Waals surface area contributed by atoms with Crippen LogP contribution >= 0.6 is 0 Å². The van der Waals surface area contributed by atoms with Crippen LogP contribution in [0.25, 0.3) is 0 Å². The van der Waals surface area contributed by atoms with Crippen LogP contribution in [0.3, 0.4) is 0 Å². The maximum absolute atomic E-state index is 4.81. The molecule has 20 heavy (non-hydrogen) atoms. The van der Waals surface area contributed by atoms with Gasteiger partial charge in [-0.3, -0.25) is 5.10 Å². The first kappa shape index (κ1) is 12.6. The molecule has 0 amide bonds. The number of H-pyrrole nitrogens is 1. The monoisotopic (exact) mass is 275 g/mol. The molecule has 5 heteroatoms. The van der Waals surface area contributed by atoms with Gasteiger partial charge in [0.05, 0.1) is 0 Å². The zero-order valence-electron chi connectivity index (χ0n) is 12.3. The van der Waals surface area contributed by atoms with E-state index in [1.165, 1.54) is 38.6 Å². The van der Waals surface area contributed by atoms with Crippen LogP contribution in [0, 0.1) is 11.8 Å². The van der Waals surface area contributed by atoms with E-state index in [0.717, 1.165) is 36.7 Å². The zero-order chi connectivity index (χ0) is 13.5. The van der Waals surface area contributed by atoms with Crippen molar-refractivity contribution in [2.24, 2.45) is 11.8 Å². The lowest BCUT2D eigenvalue weighted by Crippen LogP contribution is -2.40. The highest BCUT2D eigenvalue weighted by atomic mass is 15.4. The van der Waals surface area contributed by atoms with Crippen LogP contribution < -0.4 is 10.2 Å². The van der Waals surface area contributed by atoms with E-state index in [1.807, 2.05) is 0 Å². The van der Waals surface area contributed by atoms with Gasteiger partial charge in [0.1, 0.15) is 5.82 Å². The molecule has 0 aromatic carbocycles. The Labute approximate surface area is 120 Å². The molecule has 0 radical (unpaired) electrons. The molecule has 3 heterocycles. The highest BCUT2D eigenvalue weighted by molar-refractivity contribution is 5.33. The van der Waals surface area contributed by atoms with E-state index in [-0.39, 0.29) is 0 Å². The van der Waals surface area contributed by atoms with Crippen molar-refractivity contribution in [2.45, 2.75) is 51.0 Å². The fourth-order valence-corrected chi connectivity index (χ4v) is 4.33. The summed E-state index contributed by atoms with van der Waals surface area (Å²) in [6.07, 6.45) is 6.60. The van der Waals surface area contributed by atoms with Gasteiger partial charge in [0.15, 0.2) is 0 Å². The summed E-state index contributed by atoms with van der Waals surface area (Å²) in [7, 11) is 0. The first-order chi connectivity index (χ1) is 9.81. The fraction of sp³-hybridized carbons (Fsp3) is 0.867. The number of anilines is 1. The van der Waals surface area contributed by atoms with E-state index in [0.29, 0.717) is 12.0 Å². The summed E-state index contributed by atoms with van der Waals surface area (Å²) < 4.78 is 0. The third-order valence-electron chi connectivity index (χ3n) is 5.59. The van der Waals surface area contributed by atoms with E-state index in [9.17, 15) is 0 Å². The Morgan fingerprint density at radius 1 is 1.15 bits per heavy atom. The minimum atomic E-state index is 0.597. The lowest BCUT2D eigenvalue weighted by Gasteiger charge is -2.24. The Balaban J connectivity index is 1.48. The van der Waals surface area contributed by atoms with Crippen molar-refractivity contribution in [3.63, 3.8) is 0 Å². The standard InChI is InChI=1S/C15H25N5/c1-10-4-2-6-12(10)14-17-15(19-18-14)20-8-11-5-3-7-16-13(11)9-20/h10-13,16H,2-9H2,1H3,(H,17,18,19). The highest BCUT2D eigenvalue weighted by Crippen LogP contribution is 2.38. The van der Waals surface area contributed by atoms with E-state index in [2.05, 4.69) is 27.3 Å². The van der Waals surface area contributed by atoms with Crippen LogP contribution in [0.15, 0.2) is 0 Å². The summed E-state index contributed by atoms with van der Waals surface area (Å²) in [5, 5.41) is 11.4. The molecule has 1 aromatic heterocycles. The van der Waals surface area contributed by atoms with Gasteiger partial charge in [0.2, 0.25) is 5.95 Å². The summed E-state index contributed by atoms with van der Waals surface area (Å²) in [5.41, 5.74) is 0. The highest BCUT2D eigenvalue weighted by Gasteiger charge is 2.36. The van der Waals surface area contributed by atoms with Crippen LogP contribution in [-0.4, -0.2) is 40.9 Å². The summed E-state index contributed by atoms with van der Waals surface area (Å²) in [5.74, 6) is 4.18. The van der Waals surface area contributed by atoms with Crippen LogP contribution in [0.4, 0.5) is 5.95 Å². The summed E-state index contributed by atoms with van der Waals surface area (Å²) in [4.78, 5) is 7.18. The topological polar surface area (TPSA) is 56.8 Å². The second-order valence-electron chi connectivity index (χ2n) is 6.90. The predicted molar refractivity (Wildman–Crippen MR) is 78.9 cm³/mol. The van der Waals surface area contributed by atoms with Crippen molar-refractivity contribution in [3.8, 4) is 0 Å². The van der Waals surface area contributed by atoms with Gasteiger partial charge in [0.25, 0.3) is 0 Å². The van der Waals surface area contributed by atoms with Gasteiger partial charge in [-0.05, 0) is 44.1 Å². The molecule has 5 nitrogen and oxygen atoms in total. The number of hydrogen-bond donors (Lipinski definition) is 2. The zero-order valence-corrected chi connectivity index (χ0v) is 12.3. The summed E-state index contributed by atoms with van der Waals surface area (Å²) in [6, 6.07) is 0.649. The Morgan fingerprint density at radius 2 is 2.10 bits per heavy atom. The lowest BCUT2D eigenvalue weighted by molar-refractivity contribution is 0.340. The molecular weight excluding hydrogens is 250 g/mol. The summed E-state index contributed by atoms with van der Waals surface area (Å²) in [6.45, 7) is 5.71. The summed E-state index contributed by atoms with van der Waals surface area (Å²) >= 11 is 0. The predicted octanol–water partition coefficient (Wildman–Crippen LogP) is 1.90. The number of hydrogen-bond acceptors (Lipinski definition) is 4. The quantitative estimate of drug-likeness (QED) is 0.865. The van der Waals surface area contributed by atoms with E-state index in [1.54, 1.807) is 0 Å². The number of aromatic nitrogens is 3.